The van der Waals surface area contributed by atoms with Crippen molar-refractivity contribution in [2.75, 3.05) is 55.1 Å². The van der Waals surface area contributed by atoms with E-state index < -0.39 is 0 Å². The van der Waals surface area contributed by atoms with Crippen molar-refractivity contribution >= 4 is 34.2 Å². The average Bonchev–Trinajstić information content (AvgIpc) is 3.13. The van der Waals surface area contributed by atoms with Crippen molar-refractivity contribution < 1.29 is 4.74 Å². The number of nitrogen functional groups attached to an aromatic ring is 1. The van der Waals surface area contributed by atoms with E-state index in [1.54, 1.807) is 0 Å². The van der Waals surface area contributed by atoms with Crippen LogP contribution in [0.1, 0.15) is 13.3 Å². The number of nitrogens with one attached hydrogen (secondary N) is 3. The third-order valence-corrected chi connectivity index (χ3v) is 5.19. The Labute approximate surface area is 163 Å². The number of anilines is 4. The van der Waals surface area contributed by atoms with E-state index in [-0.39, 0.29) is 0 Å². The van der Waals surface area contributed by atoms with Gasteiger partial charge < -0.3 is 26.0 Å². The van der Waals surface area contributed by atoms with Gasteiger partial charge in [-0.2, -0.15) is 10.1 Å². The van der Waals surface area contributed by atoms with Gasteiger partial charge >= 0.3 is 0 Å². The summed E-state index contributed by atoms with van der Waals surface area (Å²) in [6, 6.07) is 6.40. The lowest BCUT2D eigenvalue weighted by molar-refractivity contribution is 0.0926. The maximum atomic E-state index is 6.00. The number of hydrogen-bond donors (Lipinski definition) is 4. The number of benzene rings is 1. The summed E-state index contributed by atoms with van der Waals surface area (Å²) in [6.07, 6.45) is 0.998. The first-order chi connectivity index (χ1) is 13.6. The minimum absolute atomic E-state index is 0.309. The normalized spacial score (nSPS) is 17.1. The van der Waals surface area contributed by atoms with Crippen molar-refractivity contribution in [3.05, 3.63) is 18.2 Å². The van der Waals surface area contributed by atoms with Gasteiger partial charge in [-0.15, -0.1) is 0 Å². The summed E-state index contributed by atoms with van der Waals surface area (Å²) in [5, 5.41) is 14.3. The highest BCUT2D eigenvalue weighted by atomic mass is 16.5. The monoisotopic (exact) mass is 382 g/mol. The largest absolute Gasteiger partial charge is 0.387 e. The zero-order chi connectivity index (χ0) is 19.7. The predicted octanol–water partition coefficient (Wildman–Crippen LogP) is 2.30. The van der Waals surface area contributed by atoms with Crippen LogP contribution in [-0.4, -0.2) is 60.1 Å². The fourth-order valence-electron chi connectivity index (χ4n) is 3.66. The van der Waals surface area contributed by atoms with Crippen LogP contribution in [0, 0.1) is 0 Å². The molecule has 0 saturated carbocycles. The van der Waals surface area contributed by atoms with Crippen LogP contribution in [0.25, 0.3) is 22.2 Å². The van der Waals surface area contributed by atoms with Crippen LogP contribution in [0.2, 0.25) is 0 Å². The minimum Gasteiger partial charge on any atom is -0.387 e. The van der Waals surface area contributed by atoms with Gasteiger partial charge in [0.05, 0.1) is 35.9 Å². The Bertz CT molecular complexity index is 985. The molecule has 9 nitrogen and oxygen atoms in total. The van der Waals surface area contributed by atoms with E-state index in [1.165, 1.54) is 0 Å². The number of morpholine rings is 1. The molecule has 9 heteroatoms. The summed E-state index contributed by atoms with van der Waals surface area (Å²) in [5.41, 5.74) is 9.57. The molecule has 3 heterocycles. The quantitative estimate of drug-likeness (QED) is 0.531. The second-order valence-corrected chi connectivity index (χ2v) is 6.82. The van der Waals surface area contributed by atoms with Gasteiger partial charge in [0.2, 0.25) is 5.95 Å². The van der Waals surface area contributed by atoms with Gasteiger partial charge in [0.1, 0.15) is 5.82 Å². The van der Waals surface area contributed by atoms with Crippen LogP contribution in [0.5, 0.6) is 0 Å². The first-order valence-corrected chi connectivity index (χ1v) is 9.51. The Kier molecular flexibility index (Phi) is 4.91. The molecule has 5 N–H and O–H groups in total. The molecule has 1 fully saturated rings. The van der Waals surface area contributed by atoms with Crippen LogP contribution in [0.15, 0.2) is 18.2 Å². The lowest BCUT2D eigenvalue weighted by atomic mass is 10.1. The molecular weight excluding hydrogens is 356 g/mol. The molecule has 1 aliphatic rings. The Balaban J connectivity index is 1.82. The molecule has 2 aromatic heterocycles. The molecule has 1 saturated heterocycles. The molecular formula is C19H26N8O. The minimum atomic E-state index is 0.309. The van der Waals surface area contributed by atoms with Crippen molar-refractivity contribution in [1.82, 2.24) is 20.2 Å². The van der Waals surface area contributed by atoms with Crippen LogP contribution < -0.4 is 21.3 Å². The molecule has 0 radical (unpaired) electrons. The molecule has 0 spiro atoms. The Morgan fingerprint density at radius 3 is 2.86 bits per heavy atom. The summed E-state index contributed by atoms with van der Waals surface area (Å²) < 4.78 is 5.65. The van der Waals surface area contributed by atoms with Gasteiger partial charge in [-0.3, -0.25) is 5.10 Å². The van der Waals surface area contributed by atoms with E-state index in [0.717, 1.165) is 46.6 Å². The summed E-state index contributed by atoms with van der Waals surface area (Å²) in [7, 11) is 3.70. The van der Waals surface area contributed by atoms with Crippen LogP contribution in [0.3, 0.4) is 0 Å². The average molecular weight is 382 g/mol. The summed E-state index contributed by atoms with van der Waals surface area (Å²) in [4.78, 5) is 11.7. The van der Waals surface area contributed by atoms with Gasteiger partial charge in [0, 0.05) is 38.0 Å². The van der Waals surface area contributed by atoms with Crippen LogP contribution in [0.4, 0.5) is 23.3 Å². The van der Waals surface area contributed by atoms with Crippen LogP contribution >= 0.6 is 0 Å². The van der Waals surface area contributed by atoms with E-state index in [1.807, 2.05) is 32.3 Å². The van der Waals surface area contributed by atoms with Crippen molar-refractivity contribution in [2.45, 2.75) is 19.4 Å². The number of hydrogen-bond acceptors (Lipinski definition) is 8. The number of fused-ring (bicyclic) bond motifs is 1. The highest BCUT2D eigenvalue weighted by Crippen LogP contribution is 2.34. The number of nitrogens with two attached hydrogens (primary N) is 1. The number of H-pyrrole nitrogens is 1. The highest BCUT2D eigenvalue weighted by molar-refractivity contribution is 6.02. The lowest BCUT2D eigenvalue weighted by Gasteiger charge is -2.36. The molecule has 3 aromatic rings. The lowest BCUT2D eigenvalue weighted by Crippen LogP contribution is -2.45. The topological polar surface area (TPSA) is 117 Å². The number of nitrogens with zero attached hydrogens (tertiary/aromatic N) is 4. The predicted molar refractivity (Wildman–Crippen MR) is 113 cm³/mol. The SMILES string of the molecule is CCC1COCCN1c1cc(-c2cc(NC)c3c(N)n[nH]c3c2)nc(NC)n1. The molecule has 28 heavy (non-hydrogen) atoms. The number of aromatic amines is 1. The molecule has 148 valence electrons. The smallest absolute Gasteiger partial charge is 0.224 e. The third-order valence-electron chi connectivity index (χ3n) is 5.19. The molecule has 0 bridgehead atoms. The van der Waals surface area contributed by atoms with Crippen molar-refractivity contribution in [3.8, 4) is 11.3 Å². The zero-order valence-electron chi connectivity index (χ0n) is 16.4. The van der Waals surface area contributed by atoms with Gasteiger partial charge in [0.15, 0.2) is 5.82 Å². The van der Waals surface area contributed by atoms with E-state index >= 15 is 0 Å². The molecule has 1 atom stereocenters. The van der Waals surface area contributed by atoms with Crippen molar-refractivity contribution in [1.29, 1.82) is 0 Å². The molecule has 1 aliphatic heterocycles. The highest BCUT2D eigenvalue weighted by Gasteiger charge is 2.24. The number of aromatic nitrogens is 4. The Hall–Kier alpha value is -3.07. The molecule has 0 amide bonds. The van der Waals surface area contributed by atoms with Gasteiger partial charge in [-0.25, -0.2) is 4.98 Å². The molecule has 1 unspecified atom stereocenters. The maximum absolute atomic E-state index is 6.00. The van der Waals surface area contributed by atoms with Crippen molar-refractivity contribution in [2.24, 2.45) is 0 Å². The van der Waals surface area contributed by atoms with Crippen LogP contribution in [-0.2, 0) is 4.74 Å². The molecule has 1 aromatic carbocycles. The molecule has 4 rings (SSSR count). The standard InChI is InChI=1S/C19H26N8O/c1-4-12-10-28-6-5-27(12)16-9-13(23-19(22-3)24-16)11-7-14(21-2)17-15(8-11)25-26-18(17)20/h7-9,12,21H,4-6,10H2,1-3H3,(H3,20,25,26)(H,22,23,24). The number of rotatable bonds is 5. The third kappa shape index (κ3) is 3.18. The zero-order valence-corrected chi connectivity index (χ0v) is 16.4. The van der Waals surface area contributed by atoms with Crippen molar-refractivity contribution in [3.63, 3.8) is 0 Å². The summed E-state index contributed by atoms with van der Waals surface area (Å²) in [6.45, 7) is 4.40. The summed E-state index contributed by atoms with van der Waals surface area (Å²) >= 11 is 0. The second-order valence-electron chi connectivity index (χ2n) is 6.82. The Morgan fingerprint density at radius 1 is 1.25 bits per heavy atom. The van der Waals surface area contributed by atoms with E-state index in [2.05, 4.69) is 37.6 Å². The van der Waals surface area contributed by atoms with E-state index in [4.69, 9.17) is 15.5 Å². The Morgan fingerprint density at radius 2 is 2.11 bits per heavy atom. The first kappa shape index (κ1) is 18.3. The number of ether oxygens (including phenoxy) is 1. The molecule has 0 aliphatic carbocycles. The van der Waals surface area contributed by atoms with Gasteiger partial charge in [-0.1, -0.05) is 6.92 Å². The van der Waals surface area contributed by atoms with Gasteiger partial charge in [-0.05, 0) is 18.6 Å². The van der Waals surface area contributed by atoms with E-state index in [9.17, 15) is 0 Å². The fraction of sp³-hybridized carbons (Fsp3) is 0.421. The van der Waals surface area contributed by atoms with E-state index in [0.29, 0.717) is 31.0 Å². The fourth-order valence-corrected chi connectivity index (χ4v) is 3.66. The maximum Gasteiger partial charge on any atom is 0.224 e. The first-order valence-electron chi connectivity index (χ1n) is 9.51. The second kappa shape index (κ2) is 7.51. The van der Waals surface area contributed by atoms with Gasteiger partial charge in [0.25, 0.3) is 0 Å². The summed E-state index contributed by atoms with van der Waals surface area (Å²) in [5.74, 6) is 1.97.